The summed E-state index contributed by atoms with van der Waals surface area (Å²) in [6.07, 6.45) is 11.1. The van der Waals surface area contributed by atoms with Crippen LogP contribution in [0, 0.1) is 27.7 Å². The van der Waals surface area contributed by atoms with Gasteiger partial charge in [0.05, 0.1) is 0 Å². The van der Waals surface area contributed by atoms with E-state index in [1.807, 2.05) is 0 Å². The number of hydrogen-bond donors (Lipinski definition) is 0. The summed E-state index contributed by atoms with van der Waals surface area (Å²) in [7, 11) is 0. The molecule has 3 aromatic carbocycles. The van der Waals surface area contributed by atoms with Gasteiger partial charge in [-0.05, 0) is 119 Å². The lowest BCUT2D eigenvalue weighted by Crippen LogP contribution is -1.96. The average Bonchev–Trinajstić information content (AvgIpc) is 3.30. The Bertz CT molecular complexity index is 1090. The Morgan fingerprint density at radius 1 is 0.464 bits per heavy atom. The van der Waals surface area contributed by atoms with Crippen molar-refractivity contribution in [3.63, 3.8) is 0 Å². The molecule has 5 rings (SSSR count). The van der Waals surface area contributed by atoms with Gasteiger partial charge in [0, 0.05) is 0 Å². The van der Waals surface area contributed by atoms with Crippen molar-refractivity contribution in [1.29, 1.82) is 0 Å². The van der Waals surface area contributed by atoms with Crippen LogP contribution in [0.25, 0.3) is 34.4 Å². The molecule has 2 aliphatic rings. The number of hydrogen-bond acceptors (Lipinski definition) is 0. The molecule has 0 radical (unpaired) electrons. The van der Waals surface area contributed by atoms with Gasteiger partial charge in [-0.25, -0.2) is 0 Å². The second-order valence-corrected chi connectivity index (χ2v) is 8.43. The Kier molecular flexibility index (Phi) is 3.91. The Balaban J connectivity index is 1.63. The number of benzene rings is 3. The third-order valence-electron chi connectivity index (χ3n) is 6.39. The Labute approximate surface area is 168 Å². The number of fused-ring (bicyclic) bond motifs is 2. The smallest absolute Gasteiger partial charge is 0.00880 e. The van der Waals surface area contributed by atoms with E-state index < -0.39 is 0 Å². The predicted molar refractivity (Wildman–Crippen MR) is 122 cm³/mol. The molecule has 0 heterocycles. The minimum absolute atomic E-state index is 1.06. The van der Waals surface area contributed by atoms with Crippen molar-refractivity contribution in [2.45, 2.75) is 40.5 Å². The maximum absolute atomic E-state index is 2.40. The summed E-state index contributed by atoms with van der Waals surface area (Å²) in [6, 6.07) is 14.3. The summed E-state index contributed by atoms with van der Waals surface area (Å²) in [5, 5.41) is 0. The highest BCUT2D eigenvalue weighted by Crippen LogP contribution is 2.38. The highest BCUT2D eigenvalue weighted by molar-refractivity contribution is 5.82. The summed E-state index contributed by atoms with van der Waals surface area (Å²) in [4.78, 5) is 0. The molecule has 0 saturated carbocycles. The van der Waals surface area contributed by atoms with E-state index in [4.69, 9.17) is 0 Å². The molecule has 3 aromatic rings. The monoisotopic (exact) mass is 362 g/mol. The molecule has 28 heavy (non-hydrogen) atoms. The van der Waals surface area contributed by atoms with Crippen molar-refractivity contribution in [2.75, 3.05) is 0 Å². The highest BCUT2D eigenvalue weighted by Gasteiger charge is 2.16. The van der Waals surface area contributed by atoms with Gasteiger partial charge in [-0.3, -0.25) is 0 Å². The van der Waals surface area contributed by atoms with E-state index in [1.54, 1.807) is 0 Å². The van der Waals surface area contributed by atoms with Crippen molar-refractivity contribution >= 4 is 12.2 Å². The second kappa shape index (κ2) is 6.34. The molecule has 0 atom stereocenters. The van der Waals surface area contributed by atoms with Crippen LogP contribution in [0.15, 0.2) is 48.6 Å². The van der Waals surface area contributed by atoms with Gasteiger partial charge in [0.2, 0.25) is 0 Å². The first-order valence-electron chi connectivity index (χ1n) is 10.2. The van der Waals surface area contributed by atoms with E-state index in [0.29, 0.717) is 0 Å². The van der Waals surface area contributed by atoms with E-state index in [1.165, 1.54) is 66.8 Å². The van der Waals surface area contributed by atoms with Crippen LogP contribution in [-0.2, 0) is 12.8 Å². The number of allylic oxidation sites excluding steroid dienone is 2. The first-order chi connectivity index (χ1) is 13.5. The topological polar surface area (TPSA) is 0 Å². The zero-order valence-electron chi connectivity index (χ0n) is 17.2. The zero-order chi connectivity index (χ0) is 19.4. The molecule has 2 aliphatic carbocycles. The van der Waals surface area contributed by atoms with Crippen LogP contribution in [-0.4, -0.2) is 0 Å². The van der Waals surface area contributed by atoms with Crippen LogP contribution in [0.3, 0.4) is 0 Å². The Morgan fingerprint density at radius 2 is 0.821 bits per heavy atom. The maximum atomic E-state index is 2.40. The molecule has 0 saturated heterocycles. The highest BCUT2D eigenvalue weighted by atomic mass is 14.2. The van der Waals surface area contributed by atoms with E-state index in [-0.39, 0.29) is 0 Å². The van der Waals surface area contributed by atoms with Gasteiger partial charge in [0.15, 0.2) is 0 Å². The van der Waals surface area contributed by atoms with Crippen molar-refractivity contribution in [3.8, 4) is 22.3 Å². The third-order valence-corrected chi connectivity index (χ3v) is 6.39. The number of rotatable bonds is 2. The SMILES string of the molecule is Cc1cc(-c2cc3c(cc2C)C=CC3)c(C)cc1-c1cc2c(cc1C)C=CC2. The van der Waals surface area contributed by atoms with Crippen molar-refractivity contribution in [1.82, 2.24) is 0 Å². The van der Waals surface area contributed by atoms with Gasteiger partial charge in [-0.2, -0.15) is 0 Å². The van der Waals surface area contributed by atoms with Crippen LogP contribution in [0.5, 0.6) is 0 Å². The van der Waals surface area contributed by atoms with Crippen LogP contribution < -0.4 is 0 Å². The van der Waals surface area contributed by atoms with Crippen LogP contribution >= 0.6 is 0 Å². The fraction of sp³-hybridized carbons (Fsp3) is 0.214. The lowest BCUT2D eigenvalue weighted by molar-refractivity contribution is 1.27. The lowest BCUT2D eigenvalue weighted by atomic mass is 9.87. The van der Waals surface area contributed by atoms with E-state index >= 15 is 0 Å². The molecular formula is C28H26. The first-order valence-corrected chi connectivity index (χ1v) is 10.2. The predicted octanol–water partition coefficient (Wildman–Crippen LogP) is 7.39. The quantitative estimate of drug-likeness (QED) is 0.446. The fourth-order valence-corrected chi connectivity index (χ4v) is 4.82. The molecule has 0 bridgehead atoms. The Hall–Kier alpha value is -2.86. The summed E-state index contributed by atoms with van der Waals surface area (Å²) in [6.45, 7) is 8.99. The molecule has 0 heteroatoms. The molecule has 0 amide bonds. The van der Waals surface area contributed by atoms with Crippen LogP contribution in [0.2, 0.25) is 0 Å². The van der Waals surface area contributed by atoms with Gasteiger partial charge >= 0.3 is 0 Å². The molecule has 0 fully saturated rings. The summed E-state index contributed by atoms with van der Waals surface area (Å²) < 4.78 is 0. The van der Waals surface area contributed by atoms with E-state index in [9.17, 15) is 0 Å². The molecule has 0 N–H and O–H groups in total. The average molecular weight is 363 g/mol. The van der Waals surface area contributed by atoms with Gasteiger partial charge in [-0.1, -0.05) is 48.6 Å². The Morgan fingerprint density at radius 3 is 1.25 bits per heavy atom. The van der Waals surface area contributed by atoms with Gasteiger partial charge in [-0.15, -0.1) is 0 Å². The molecule has 138 valence electrons. The normalized spacial score (nSPS) is 13.9. The van der Waals surface area contributed by atoms with Crippen molar-refractivity contribution < 1.29 is 0 Å². The summed E-state index contributed by atoms with van der Waals surface area (Å²) >= 11 is 0. The second-order valence-electron chi connectivity index (χ2n) is 8.43. The zero-order valence-corrected chi connectivity index (χ0v) is 17.2. The third kappa shape index (κ3) is 2.67. The van der Waals surface area contributed by atoms with E-state index in [2.05, 4.69) is 88.4 Å². The van der Waals surface area contributed by atoms with Gasteiger partial charge < -0.3 is 0 Å². The molecular weight excluding hydrogens is 336 g/mol. The molecule has 0 nitrogen and oxygen atoms in total. The van der Waals surface area contributed by atoms with Crippen molar-refractivity contribution in [3.05, 3.63) is 93.1 Å². The molecule has 0 unspecified atom stereocenters. The summed E-state index contributed by atoms with van der Waals surface area (Å²) in [5.74, 6) is 0. The largest absolute Gasteiger partial charge is 0.0795 e. The maximum Gasteiger partial charge on any atom is -0.00880 e. The minimum atomic E-state index is 1.06. The standard InChI is InChI=1S/C28H26/c1-17-11-21-7-5-9-23(21)15-27(17)25-13-20(4)26(14-19(25)3)28-16-24-10-6-8-22(24)12-18(28)2/h5-8,11-16H,9-10H2,1-4H3. The molecule has 0 spiro atoms. The number of aryl methyl sites for hydroxylation is 4. The van der Waals surface area contributed by atoms with Crippen LogP contribution in [0.4, 0.5) is 0 Å². The molecule has 0 aromatic heterocycles. The first kappa shape index (κ1) is 17.3. The van der Waals surface area contributed by atoms with Crippen molar-refractivity contribution in [2.24, 2.45) is 0 Å². The van der Waals surface area contributed by atoms with Gasteiger partial charge in [0.1, 0.15) is 0 Å². The molecule has 0 aliphatic heterocycles. The minimum Gasteiger partial charge on any atom is -0.0795 e. The van der Waals surface area contributed by atoms with Gasteiger partial charge in [0.25, 0.3) is 0 Å². The van der Waals surface area contributed by atoms with Crippen LogP contribution in [0.1, 0.15) is 44.5 Å². The van der Waals surface area contributed by atoms with E-state index in [0.717, 1.165) is 12.8 Å². The lowest BCUT2D eigenvalue weighted by Gasteiger charge is -2.18. The fourth-order valence-electron chi connectivity index (χ4n) is 4.82. The summed E-state index contributed by atoms with van der Waals surface area (Å²) in [5.41, 5.74) is 16.6.